The number of amides is 2. The zero-order valence-electron chi connectivity index (χ0n) is 18.6. The van der Waals surface area contributed by atoms with Gasteiger partial charge in [-0.25, -0.2) is 4.79 Å². The molecular formula is C28H17Cl2NO4S. The fourth-order valence-electron chi connectivity index (χ4n) is 3.84. The molecule has 2 amide bonds. The lowest BCUT2D eigenvalue weighted by Gasteiger charge is -2.13. The number of carbonyl (C=O) groups excluding carboxylic acids is 3. The molecule has 0 radical (unpaired) electrons. The number of halogens is 2. The molecule has 36 heavy (non-hydrogen) atoms. The number of hydrogen-bond donors (Lipinski definition) is 0. The molecule has 1 saturated heterocycles. The molecule has 0 saturated carbocycles. The maximum absolute atomic E-state index is 12.9. The summed E-state index contributed by atoms with van der Waals surface area (Å²) >= 11 is 12.9. The van der Waals surface area contributed by atoms with Crippen LogP contribution in [0.3, 0.4) is 0 Å². The van der Waals surface area contributed by atoms with Crippen molar-refractivity contribution in [3.05, 3.63) is 117 Å². The van der Waals surface area contributed by atoms with Gasteiger partial charge in [-0.3, -0.25) is 14.5 Å². The van der Waals surface area contributed by atoms with Crippen molar-refractivity contribution in [2.45, 2.75) is 6.54 Å². The Kier molecular flexibility index (Phi) is 6.83. The van der Waals surface area contributed by atoms with E-state index in [1.165, 1.54) is 0 Å². The van der Waals surface area contributed by atoms with E-state index >= 15 is 0 Å². The van der Waals surface area contributed by atoms with E-state index in [0.29, 0.717) is 32.5 Å². The molecule has 0 spiro atoms. The first-order valence-corrected chi connectivity index (χ1v) is 12.5. The predicted octanol–water partition coefficient (Wildman–Crippen LogP) is 7.60. The number of thioether (sulfide) groups is 1. The van der Waals surface area contributed by atoms with Crippen LogP contribution in [0.1, 0.15) is 21.5 Å². The van der Waals surface area contributed by atoms with E-state index in [2.05, 4.69) is 0 Å². The smallest absolute Gasteiger partial charge is 0.344 e. The lowest BCUT2D eigenvalue weighted by atomic mass is 10.0. The summed E-state index contributed by atoms with van der Waals surface area (Å²) in [6.45, 7) is 0.0849. The summed E-state index contributed by atoms with van der Waals surface area (Å²) in [5.41, 5.74) is 1.77. The third kappa shape index (κ3) is 5.02. The Balaban J connectivity index is 1.34. The van der Waals surface area contributed by atoms with Gasteiger partial charge >= 0.3 is 5.97 Å². The van der Waals surface area contributed by atoms with Crippen LogP contribution in [0.5, 0.6) is 5.75 Å². The number of imide groups is 1. The summed E-state index contributed by atoms with van der Waals surface area (Å²) in [4.78, 5) is 39.7. The molecule has 0 atom stereocenters. The number of carbonyl (C=O) groups is 3. The standard InChI is InChI=1S/C28H17Cl2NO4S/c29-23-12-11-18(14-24(23)30)16-31-26(32)25(36-28(31)34)15-17-5-3-8-20(13-17)35-27(33)22-10-4-7-19-6-1-2-9-21(19)22/h1-15H,16H2/b25-15-. The topological polar surface area (TPSA) is 63.7 Å². The predicted molar refractivity (Wildman–Crippen MR) is 143 cm³/mol. The molecule has 4 aromatic carbocycles. The normalized spacial score (nSPS) is 14.6. The third-order valence-corrected chi connectivity index (χ3v) is 7.22. The fourth-order valence-corrected chi connectivity index (χ4v) is 5.00. The number of fused-ring (bicyclic) bond motifs is 1. The highest BCUT2D eigenvalue weighted by atomic mass is 35.5. The summed E-state index contributed by atoms with van der Waals surface area (Å²) in [5.74, 6) is -0.558. The summed E-state index contributed by atoms with van der Waals surface area (Å²) in [5, 5.41) is 2.12. The first kappa shape index (κ1) is 24.1. The second-order valence-electron chi connectivity index (χ2n) is 8.01. The molecule has 5 nitrogen and oxygen atoms in total. The Morgan fingerprint density at radius 3 is 2.50 bits per heavy atom. The number of rotatable bonds is 5. The van der Waals surface area contributed by atoms with Gasteiger partial charge in [-0.2, -0.15) is 0 Å². The monoisotopic (exact) mass is 533 g/mol. The highest BCUT2D eigenvalue weighted by Crippen LogP contribution is 2.34. The molecular weight excluding hydrogens is 517 g/mol. The van der Waals surface area contributed by atoms with Gasteiger partial charge in [-0.1, -0.05) is 77.8 Å². The maximum Gasteiger partial charge on any atom is 0.344 e. The third-order valence-electron chi connectivity index (χ3n) is 5.57. The lowest BCUT2D eigenvalue weighted by Crippen LogP contribution is -2.27. The summed E-state index contributed by atoms with van der Waals surface area (Å²) < 4.78 is 5.62. The van der Waals surface area contributed by atoms with Crippen LogP contribution >= 0.6 is 35.0 Å². The highest BCUT2D eigenvalue weighted by molar-refractivity contribution is 8.18. The average Bonchev–Trinajstić information content (AvgIpc) is 3.13. The number of hydrogen-bond acceptors (Lipinski definition) is 5. The van der Waals surface area contributed by atoms with E-state index in [0.717, 1.165) is 27.4 Å². The van der Waals surface area contributed by atoms with Gasteiger partial charge in [0.2, 0.25) is 0 Å². The minimum Gasteiger partial charge on any atom is -0.423 e. The number of ether oxygens (including phenoxy) is 1. The van der Waals surface area contributed by atoms with Gasteiger partial charge in [0.1, 0.15) is 5.75 Å². The number of benzene rings is 4. The molecule has 5 rings (SSSR count). The lowest BCUT2D eigenvalue weighted by molar-refractivity contribution is -0.123. The van der Waals surface area contributed by atoms with Crippen LogP contribution in [0.4, 0.5) is 4.79 Å². The Bertz CT molecular complexity index is 1560. The fraction of sp³-hybridized carbons (Fsp3) is 0.0357. The summed E-state index contributed by atoms with van der Waals surface area (Å²) in [7, 11) is 0. The zero-order chi connectivity index (χ0) is 25.2. The van der Waals surface area contributed by atoms with E-state index in [-0.39, 0.29) is 16.7 Å². The van der Waals surface area contributed by atoms with Gasteiger partial charge in [0.15, 0.2) is 0 Å². The van der Waals surface area contributed by atoms with Crippen LogP contribution < -0.4 is 4.74 Å². The molecule has 0 unspecified atom stereocenters. The van der Waals surface area contributed by atoms with Crippen molar-refractivity contribution < 1.29 is 19.1 Å². The number of nitrogens with zero attached hydrogens (tertiary/aromatic N) is 1. The van der Waals surface area contributed by atoms with Crippen molar-refractivity contribution in [2.24, 2.45) is 0 Å². The first-order chi connectivity index (χ1) is 17.4. The molecule has 0 aliphatic carbocycles. The Labute approximate surface area is 221 Å². The van der Waals surface area contributed by atoms with Gasteiger partial charge in [-0.15, -0.1) is 0 Å². The SMILES string of the molecule is O=C(Oc1cccc(/C=C2\SC(=O)N(Cc3ccc(Cl)c(Cl)c3)C2=O)c1)c1cccc2ccccc12. The zero-order valence-corrected chi connectivity index (χ0v) is 20.9. The van der Waals surface area contributed by atoms with Crippen molar-refractivity contribution >= 4 is 68.9 Å². The molecule has 0 bridgehead atoms. The Morgan fingerprint density at radius 2 is 1.67 bits per heavy atom. The van der Waals surface area contributed by atoms with Crippen LogP contribution in [0.15, 0.2) is 89.8 Å². The largest absolute Gasteiger partial charge is 0.423 e. The van der Waals surface area contributed by atoms with E-state index in [4.69, 9.17) is 27.9 Å². The van der Waals surface area contributed by atoms with Crippen LogP contribution in [0.2, 0.25) is 10.0 Å². The van der Waals surface area contributed by atoms with Gasteiger partial charge in [0.05, 0.1) is 27.1 Å². The number of esters is 1. The van der Waals surface area contributed by atoms with Gasteiger partial charge in [0, 0.05) is 0 Å². The van der Waals surface area contributed by atoms with E-state index < -0.39 is 11.9 Å². The first-order valence-electron chi connectivity index (χ1n) is 10.9. The molecule has 4 aromatic rings. The van der Waals surface area contributed by atoms with Gasteiger partial charge < -0.3 is 4.74 Å². The van der Waals surface area contributed by atoms with E-state index in [1.807, 2.05) is 36.4 Å². The second kappa shape index (κ2) is 10.2. The van der Waals surface area contributed by atoms with Crippen molar-refractivity contribution in [1.29, 1.82) is 0 Å². The Hall–Kier alpha value is -3.58. The van der Waals surface area contributed by atoms with Crippen LogP contribution in [-0.2, 0) is 11.3 Å². The van der Waals surface area contributed by atoms with Gasteiger partial charge in [0.25, 0.3) is 11.1 Å². The molecule has 0 aromatic heterocycles. The molecule has 178 valence electrons. The maximum atomic E-state index is 12.9. The molecule has 1 aliphatic heterocycles. The highest BCUT2D eigenvalue weighted by Gasteiger charge is 2.35. The molecule has 1 aliphatic rings. The van der Waals surface area contributed by atoms with E-state index in [9.17, 15) is 14.4 Å². The van der Waals surface area contributed by atoms with Crippen molar-refractivity contribution in [2.75, 3.05) is 0 Å². The van der Waals surface area contributed by atoms with Crippen LogP contribution in [-0.4, -0.2) is 22.0 Å². The molecule has 0 N–H and O–H groups in total. The van der Waals surface area contributed by atoms with Crippen molar-refractivity contribution in [3.63, 3.8) is 0 Å². The minimum atomic E-state index is -0.481. The van der Waals surface area contributed by atoms with Crippen LogP contribution in [0.25, 0.3) is 16.8 Å². The Morgan fingerprint density at radius 1 is 0.889 bits per heavy atom. The van der Waals surface area contributed by atoms with Gasteiger partial charge in [-0.05, 0) is 70.1 Å². The average molecular weight is 534 g/mol. The summed E-state index contributed by atoms with van der Waals surface area (Å²) in [6.07, 6.45) is 1.61. The van der Waals surface area contributed by atoms with Crippen molar-refractivity contribution in [1.82, 2.24) is 4.90 Å². The van der Waals surface area contributed by atoms with Crippen molar-refractivity contribution in [3.8, 4) is 5.75 Å². The quantitative estimate of drug-likeness (QED) is 0.150. The van der Waals surface area contributed by atoms with E-state index in [1.54, 1.807) is 54.6 Å². The molecule has 8 heteroatoms. The van der Waals surface area contributed by atoms with Crippen LogP contribution in [0, 0.1) is 0 Å². The molecule has 1 heterocycles. The minimum absolute atomic E-state index is 0.0849. The second-order valence-corrected chi connectivity index (χ2v) is 9.81. The summed E-state index contributed by atoms with van der Waals surface area (Å²) in [6, 6.07) is 24.8. The molecule has 1 fully saturated rings.